The van der Waals surface area contributed by atoms with Crippen molar-refractivity contribution in [3.8, 4) is 0 Å². The molecule has 4 heterocycles. The Morgan fingerprint density at radius 1 is 0.476 bits per heavy atom. The summed E-state index contributed by atoms with van der Waals surface area (Å²) in [7, 11) is 0. The molecule has 0 bridgehead atoms. The van der Waals surface area contributed by atoms with E-state index in [1.807, 2.05) is 48.5 Å². The molecule has 0 saturated heterocycles. The fourth-order valence-corrected chi connectivity index (χ4v) is 10.7. The minimum atomic E-state index is -3.42. The molecule has 4 rings (SSSR count). The summed E-state index contributed by atoms with van der Waals surface area (Å²) < 4.78 is 26.5. The number of hydrogen-bond acceptors (Lipinski definition) is 4. The van der Waals surface area contributed by atoms with Crippen LogP contribution in [0.25, 0.3) is 0 Å². The summed E-state index contributed by atoms with van der Waals surface area (Å²) in [5.41, 5.74) is 0. The Hall–Kier alpha value is -2.34. The molecule has 4 aromatic rings. The van der Waals surface area contributed by atoms with Crippen LogP contribution in [0.2, 0.25) is 0 Å². The van der Waals surface area contributed by atoms with Crippen molar-refractivity contribution >= 4 is 31.6 Å². The van der Waals surface area contributed by atoms with Crippen molar-refractivity contribution in [2.75, 3.05) is 0 Å². The molecule has 0 spiro atoms. The van der Waals surface area contributed by atoms with Gasteiger partial charge < -0.3 is 0 Å². The van der Waals surface area contributed by atoms with Gasteiger partial charge >= 0.3 is 123 Å². The second kappa shape index (κ2) is 4.89. The van der Waals surface area contributed by atoms with E-state index < -0.39 is 13.3 Å². The van der Waals surface area contributed by atoms with Crippen LogP contribution in [0.5, 0.6) is 0 Å². The fraction of sp³-hybridized carbons (Fsp3) is 0. The second-order valence-electron chi connectivity index (χ2n) is 4.66. The first-order chi connectivity index (χ1) is 10.4. The van der Waals surface area contributed by atoms with Gasteiger partial charge in [-0.15, -0.1) is 0 Å². The van der Waals surface area contributed by atoms with Crippen LogP contribution in [0.15, 0.2) is 91.3 Å². The molecule has 4 aromatic heterocycles. The molecule has 0 aliphatic heterocycles. The van der Waals surface area contributed by atoms with E-state index in [2.05, 4.69) is 0 Å². The molecule has 0 N–H and O–H groups in total. The molecule has 0 aromatic carbocycles. The Labute approximate surface area is 123 Å². The molecule has 21 heavy (non-hydrogen) atoms. The van der Waals surface area contributed by atoms with Crippen molar-refractivity contribution in [2.24, 2.45) is 0 Å². The van der Waals surface area contributed by atoms with Gasteiger partial charge in [-0.25, -0.2) is 0 Å². The monoisotopic (exact) mass is 342 g/mol. The summed E-state index contributed by atoms with van der Waals surface area (Å²) in [6.45, 7) is 0. The first kappa shape index (κ1) is 12.4. The van der Waals surface area contributed by atoms with Crippen LogP contribution in [-0.2, 0) is 0 Å². The van der Waals surface area contributed by atoms with Crippen molar-refractivity contribution in [3.05, 3.63) is 73.6 Å². The van der Waals surface area contributed by atoms with Crippen molar-refractivity contribution in [3.63, 3.8) is 0 Å². The topological polar surface area (TPSA) is 52.6 Å². The maximum absolute atomic E-state index is 5.77. The van der Waals surface area contributed by atoms with Gasteiger partial charge in [0.15, 0.2) is 0 Å². The minimum absolute atomic E-state index is 0.856. The molecule has 0 aliphatic rings. The average molecular weight is 341 g/mol. The zero-order valence-corrected chi connectivity index (χ0v) is 13.2. The van der Waals surface area contributed by atoms with E-state index in [4.69, 9.17) is 17.7 Å². The molecule has 0 aliphatic carbocycles. The molecule has 4 nitrogen and oxygen atoms in total. The van der Waals surface area contributed by atoms with Gasteiger partial charge in [0.2, 0.25) is 0 Å². The summed E-state index contributed by atoms with van der Waals surface area (Å²) in [5, 5.41) is 0. The summed E-state index contributed by atoms with van der Waals surface area (Å²) in [6, 6.07) is 15.4. The zero-order chi connectivity index (χ0) is 14.1. The van der Waals surface area contributed by atoms with E-state index in [9.17, 15) is 0 Å². The predicted octanol–water partition coefficient (Wildman–Crippen LogP) is 1.44. The molecule has 0 saturated carbocycles. The third-order valence-corrected chi connectivity index (χ3v) is 12.2. The molecule has 5 heteroatoms. The molecule has 0 radical (unpaired) electrons. The van der Waals surface area contributed by atoms with Crippen LogP contribution in [0, 0.1) is 0 Å². The van der Waals surface area contributed by atoms with Crippen LogP contribution in [-0.4, -0.2) is 13.3 Å². The first-order valence-electron chi connectivity index (χ1n) is 6.58. The van der Waals surface area contributed by atoms with Gasteiger partial charge in [-0.2, -0.15) is 0 Å². The van der Waals surface area contributed by atoms with Gasteiger partial charge in [-0.1, -0.05) is 0 Å². The Morgan fingerprint density at radius 2 is 0.762 bits per heavy atom. The normalized spacial score (nSPS) is 11.8. The molecule has 104 valence electrons. The Kier molecular flexibility index (Phi) is 2.89. The fourth-order valence-electron chi connectivity index (χ4n) is 2.70. The van der Waals surface area contributed by atoms with Crippen LogP contribution in [0.1, 0.15) is 0 Å². The standard InChI is InChI=1S/C16H12GeO4/c1-5-13(18-9-1)17(14-6-2-10-19-14,15-7-3-11-20-15)16-8-4-12-21-16/h1-12H. The van der Waals surface area contributed by atoms with Crippen LogP contribution < -0.4 is 18.4 Å². The van der Waals surface area contributed by atoms with Crippen molar-refractivity contribution in [1.82, 2.24) is 0 Å². The van der Waals surface area contributed by atoms with Gasteiger partial charge in [0.1, 0.15) is 0 Å². The molecule has 0 unspecified atom stereocenters. The van der Waals surface area contributed by atoms with E-state index in [1.165, 1.54) is 0 Å². The molecule has 0 atom stereocenters. The average Bonchev–Trinajstić information content (AvgIpc) is 3.32. The maximum atomic E-state index is 5.77. The second-order valence-corrected chi connectivity index (χ2v) is 11.9. The number of hydrogen-bond donors (Lipinski definition) is 0. The molecular formula is C16H12GeO4. The quantitative estimate of drug-likeness (QED) is 0.527. The zero-order valence-electron chi connectivity index (χ0n) is 11.1. The number of rotatable bonds is 4. The summed E-state index contributed by atoms with van der Waals surface area (Å²) in [6.07, 6.45) is 6.68. The van der Waals surface area contributed by atoms with Gasteiger partial charge in [-0.05, 0) is 0 Å². The van der Waals surface area contributed by atoms with Crippen molar-refractivity contribution < 1.29 is 17.7 Å². The van der Waals surface area contributed by atoms with Crippen molar-refractivity contribution in [1.29, 1.82) is 0 Å². The third-order valence-electron chi connectivity index (χ3n) is 3.56. The Balaban J connectivity index is 2.10. The Morgan fingerprint density at radius 3 is 0.952 bits per heavy atom. The van der Waals surface area contributed by atoms with Gasteiger partial charge in [0, 0.05) is 0 Å². The van der Waals surface area contributed by atoms with E-state index in [0.717, 1.165) is 18.4 Å². The van der Waals surface area contributed by atoms with Crippen LogP contribution in [0.3, 0.4) is 0 Å². The molecular weight excluding hydrogens is 329 g/mol. The third kappa shape index (κ3) is 1.76. The summed E-state index contributed by atoms with van der Waals surface area (Å²) >= 11 is -3.42. The van der Waals surface area contributed by atoms with E-state index >= 15 is 0 Å². The number of furan rings is 4. The summed E-state index contributed by atoms with van der Waals surface area (Å²) in [5.74, 6) is 0. The summed E-state index contributed by atoms with van der Waals surface area (Å²) in [4.78, 5) is 0. The van der Waals surface area contributed by atoms with Crippen LogP contribution >= 0.6 is 0 Å². The van der Waals surface area contributed by atoms with Gasteiger partial charge in [-0.3, -0.25) is 0 Å². The predicted molar refractivity (Wildman–Crippen MR) is 79.1 cm³/mol. The first-order valence-corrected chi connectivity index (χ1v) is 10.8. The molecule has 0 amide bonds. The van der Waals surface area contributed by atoms with E-state index in [-0.39, 0.29) is 0 Å². The van der Waals surface area contributed by atoms with Gasteiger partial charge in [0.25, 0.3) is 0 Å². The molecule has 0 fully saturated rings. The van der Waals surface area contributed by atoms with Crippen LogP contribution in [0.4, 0.5) is 0 Å². The Bertz CT molecular complexity index is 638. The van der Waals surface area contributed by atoms with Gasteiger partial charge in [0.05, 0.1) is 0 Å². The van der Waals surface area contributed by atoms with E-state index in [1.54, 1.807) is 25.1 Å². The van der Waals surface area contributed by atoms with Crippen molar-refractivity contribution in [2.45, 2.75) is 0 Å². The SMILES string of the molecule is c1co[c]([Ge]([c]2ccco2)([c]2ccco2)[c]2ccco2)c1. The van der Waals surface area contributed by atoms with E-state index in [0.29, 0.717) is 0 Å².